The molecule has 27 heavy (non-hydrogen) atoms. The summed E-state index contributed by atoms with van der Waals surface area (Å²) in [5, 5.41) is 0. The van der Waals surface area contributed by atoms with Crippen LogP contribution >= 0.6 is 0 Å². The summed E-state index contributed by atoms with van der Waals surface area (Å²) in [4.78, 5) is 0. The zero-order valence-electron chi connectivity index (χ0n) is 18.7. The summed E-state index contributed by atoms with van der Waals surface area (Å²) >= 11 is 0. The predicted octanol–water partition coefficient (Wildman–Crippen LogP) is 10.5. The van der Waals surface area contributed by atoms with Crippen molar-refractivity contribution in [2.45, 2.75) is 163 Å². The van der Waals surface area contributed by atoms with Gasteiger partial charge in [-0.3, -0.25) is 0 Å². The van der Waals surface area contributed by atoms with E-state index in [1.807, 2.05) is 0 Å². The van der Waals surface area contributed by atoms with Gasteiger partial charge in [0.1, 0.15) is 0 Å². The molecule has 0 heteroatoms. The molecule has 0 aliphatic heterocycles. The van der Waals surface area contributed by atoms with E-state index in [4.69, 9.17) is 0 Å². The Hall–Kier alpha value is 0. The van der Waals surface area contributed by atoms with E-state index in [0.717, 1.165) is 11.8 Å². The van der Waals surface area contributed by atoms with E-state index >= 15 is 0 Å². The molecule has 0 radical (unpaired) electrons. The molecule has 0 bridgehead atoms. The van der Waals surface area contributed by atoms with Crippen molar-refractivity contribution in [3.8, 4) is 0 Å². The van der Waals surface area contributed by atoms with Crippen molar-refractivity contribution in [2.75, 3.05) is 0 Å². The molecule has 2 atom stereocenters. The van der Waals surface area contributed by atoms with E-state index in [2.05, 4.69) is 13.8 Å². The number of rotatable bonds is 18. The molecule has 1 aliphatic carbocycles. The fourth-order valence-corrected chi connectivity index (χ4v) is 5.06. The minimum atomic E-state index is 0. The van der Waals surface area contributed by atoms with Gasteiger partial charge in [0.25, 0.3) is 0 Å². The average Bonchev–Trinajstić information content (AvgIpc) is 2.66. The molecule has 1 aliphatic rings. The fraction of sp³-hybridized carbons (Fsp3) is 1.00. The molecule has 0 spiro atoms. The van der Waals surface area contributed by atoms with Gasteiger partial charge in [-0.15, -0.1) is 0 Å². The molecule has 0 amide bonds. The Morgan fingerprint density at radius 1 is 0.481 bits per heavy atom. The molecular formula is C27H56. The van der Waals surface area contributed by atoms with E-state index in [9.17, 15) is 0 Å². The molecule has 164 valence electrons. The van der Waals surface area contributed by atoms with Gasteiger partial charge in [-0.25, -0.2) is 0 Å². The third-order valence-electron chi connectivity index (χ3n) is 6.82. The summed E-state index contributed by atoms with van der Waals surface area (Å²) in [5.74, 6) is 2.17. The highest BCUT2D eigenvalue weighted by Gasteiger charge is 2.21. The van der Waals surface area contributed by atoms with Crippen LogP contribution in [0.25, 0.3) is 0 Å². The Bertz CT molecular complexity index is 243. The van der Waals surface area contributed by atoms with Crippen LogP contribution in [-0.4, -0.2) is 0 Å². The van der Waals surface area contributed by atoms with Crippen LogP contribution < -0.4 is 0 Å². The Kier molecular flexibility index (Phi) is 20.7. The van der Waals surface area contributed by atoms with Crippen LogP contribution in [0.1, 0.15) is 163 Å². The van der Waals surface area contributed by atoms with Crippen molar-refractivity contribution in [3.63, 3.8) is 0 Å². The second-order valence-corrected chi connectivity index (χ2v) is 9.43. The third kappa shape index (κ3) is 16.6. The lowest BCUT2D eigenvalue weighted by Gasteiger charge is -2.29. The van der Waals surface area contributed by atoms with E-state index in [1.54, 1.807) is 32.1 Å². The largest absolute Gasteiger partial charge is 0.0776 e. The van der Waals surface area contributed by atoms with Crippen LogP contribution in [-0.2, 0) is 0 Å². The van der Waals surface area contributed by atoms with Gasteiger partial charge in [-0.2, -0.15) is 0 Å². The first kappa shape index (κ1) is 27.0. The van der Waals surface area contributed by atoms with Crippen molar-refractivity contribution < 1.29 is 0 Å². The standard InChI is InChI=1S/C26H52.CH4/c1-3-5-7-9-11-13-15-17-20-25-22-19-23-26(24-25)21-18-16-14-12-10-8-6-4-2;/h25-26H,3-24H2,1-2H3;1H4. The fourth-order valence-electron chi connectivity index (χ4n) is 5.06. The maximum atomic E-state index is 2.31. The highest BCUT2D eigenvalue weighted by atomic mass is 14.3. The first-order chi connectivity index (χ1) is 12.9. The van der Waals surface area contributed by atoms with Gasteiger partial charge < -0.3 is 0 Å². The molecule has 0 saturated heterocycles. The molecule has 1 saturated carbocycles. The lowest BCUT2D eigenvalue weighted by atomic mass is 9.77. The van der Waals surface area contributed by atoms with E-state index < -0.39 is 0 Å². The number of hydrogen-bond donors (Lipinski definition) is 0. The lowest BCUT2D eigenvalue weighted by molar-refractivity contribution is 0.235. The van der Waals surface area contributed by atoms with Crippen LogP contribution in [0.3, 0.4) is 0 Å². The van der Waals surface area contributed by atoms with Crippen LogP contribution in [0.4, 0.5) is 0 Å². The maximum absolute atomic E-state index is 2.31. The number of unbranched alkanes of at least 4 members (excludes halogenated alkanes) is 14. The minimum Gasteiger partial charge on any atom is -0.0776 e. The van der Waals surface area contributed by atoms with Gasteiger partial charge in [0.2, 0.25) is 0 Å². The topological polar surface area (TPSA) is 0 Å². The first-order valence-corrected chi connectivity index (χ1v) is 12.9. The monoisotopic (exact) mass is 380 g/mol. The maximum Gasteiger partial charge on any atom is -0.0412 e. The Morgan fingerprint density at radius 3 is 1.19 bits per heavy atom. The predicted molar refractivity (Wildman–Crippen MR) is 127 cm³/mol. The zero-order chi connectivity index (χ0) is 18.7. The van der Waals surface area contributed by atoms with E-state index in [-0.39, 0.29) is 7.43 Å². The van der Waals surface area contributed by atoms with Crippen LogP contribution in [0.15, 0.2) is 0 Å². The minimum absolute atomic E-state index is 0. The molecular weight excluding hydrogens is 324 g/mol. The molecule has 1 fully saturated rings. The van der Waals surface area contributed by atoms with Crippen molar-refractivity contribution >= 4 is 0 Å². The van der Waals surface area contributed by atoms with E-state index in [0.29, 0.717) is 0 Å². The number of hydrogen-bond acceptors (Lipinski definition) is 0. The van der Waals surface area contributed by atoms with Gasteiger partial charge in [0.15, 0.2) is 0 Å². The van der Waals surface area contributed by atoms with E-state index in [1.165, 1.54) is 109 Å². The molecule has 0 aromatic carbocycles. The summed E-state index contributed by atoms with van der Waals surface area (Å²) in [6.07, 6.45) is 32.9. The summed E-state index contributed by atoms with van der Waals surface area (Å²) in [6.45, 7) is 4.62. The van der Waals surface area contributed by atoms with Crippen molar-refractivity contribution in [1.29, 1.82) is 0 Å². The Labute approximate surface area is 174 Å². The molecule has 2 unspecified atom stereocenters. The van der Waals surface area contributed by atoms with Gasteiger partial charge in [0.05, 0.1) is 0 Å². The lowest BCUT2D eigenvalue weighted by Crippen LogP contribution is -2.15. The molecule has 0 aromatic heterocycles. The third-order valence-corrected chi connectivity index (χ3v) is 6.82. The average molecular weight is 381 g/mol. The molecule has 1 rings (SSSR count). The highest BCUT2D eigenvalue weighted by Crippen LogP contribution is 2.35. The van der Waals surface area contributed by atoms with Gasteiger partial charge >= 0.3 is 0 Å². The van der Waals surface area contributed by atoms with Crippen LogP contribution in [0.5, 0.6) is 0 Å². The SMILES string of the molecule is C.CCCCCCCCCCC1CCCC(CCCCCCCCCC)C1. The molecule has 0 N–H and O–H groups in total. The summed E-state index contributed by atoms with van der Waals surface area (Å²) in [5.41, 5.74) is 0. The first-order valence-electron chi connectivity index (χ1n) is 12.9. The summed E-state index contributed by atoms with van der Waals surface area (Å²) in [7, 11) is 0. The highest BCUT2D eigenvalue weighted by molar-refractivity contribution is 4.73. The van der Waals surface area contributed by atoms with Crippen LogP contribution in [0, 0.1) is 11.8 Å². The summed E-state index contributed by atoms with van der Waals surface area (Å²) in [6, 6.07) is 0. The second-order valence-electron chi connectivity index (χ2n) is 9.43. The van der Waals surface area contributed by atoms with Crippen LogP contribution in [0.2, 0.25) is 0 Å². The van der Waals surface area contributed by atoms with Gasteiger partial charge in [-0.1, -0.05) is 156 Å². The second kappa shape index (κ2) is 20.7. The molecule has 0 heterocycles. The van der Waals surface area contributed by atoms with Gasteiger partial charge in [-0.05, 0) is 18.3 Å². The van der Waals surface area contributed by atoms with Crippen molar-refractivity contribution in [1.82, 2.24) is 0 Å². The zero-order valence-corrected chi connectivity index (χ0v) is 18.7. The normalized spacial score (nSPS) is 19.8. The quantitative estimate of drug-likeness (QED) is 0.207. The molecule has 0 aromatic rings. The van der Waals surface area contributed by atoms with Gasteiger partial charge in [0, 0.05) is 0 Å². The Morgan fingerprint density at radius 2 is 0.815 bits per heavy atom. The Balaban J connectivity index is 0.00000676. The smallest absolute Gasteiger partial charge is 0.0412 e. The van der Waals surface area contributed by atoms with Crippen molar-refractivity contribution in [2.24, 2.45) is 11.8 Å². The molecule has 0 nitrogen and oxygen atoms in total. The summed E-state index contributed by atoms with van der Waals surface area (Å²) < 4.78 is 0. The van der Waals surface area contributed by atoms with Crippen molar-refractivity contribution in [3.05, 3.63) is 0 Å².